The average Bonchev–Trinajstić information content (AvgIpc) is 3.08. The maximum atomic E-state index is 13.3. The minimum Gasteiger partial charge on any atom is -0.349 e. The van der Waals surface area contributed by atoms with Crippen LogP contribution >= 0.6 is 24.0 Å². The highest BCUT2D eigenvalue weighted by Crippen LogP contribution is 2.31. The number of nitrogens with zero attached hydrogens (tertiary/aromatic N) is 2. The van der Waals surface area contributed by atoms with Crippen molar-refractivity contribution in [1.29, 1.82) is 0 Å². The van der Waals surface area contributed by atoms with E-state index in [1.807, 2.05) is 56.3 Å². The van der Waals surface area contributed by atoms with Crippen molar-refractivity contribution >= 4 is 41.9 Å². The quantitative estimate of drug-likeness (QED) is 0.488. The van der Waals surface area contributed by atoms with Crippen LogP contribution in [0, 0.1) is 5.92 Å². The van der Waals surface area contributed by atoms with Crippen LogP contribution in [0.4, 0.5) is 4.79 Å². The summed E-state index contributed by atoms with van der Waals surface area (Å²) >= 11 is 5.95. The van der Waals surface area contributed by atoms with Gasteiger partial charge in [0.2, 0.25) is 5.91 Å². The summed E-state index contributed by atoms with van der Waals surface area (Å²) in [5.41, 5.74) is 1.12. The summed E-state index contributed by atoms with van der Waals surface area (Å²) in [5.74, 6) is -0.191. The van der Waals surface area contributed by atoms with Gasteiger partial charge in [-0.25, -0.2) is 4.79 Å². The minimum atomic E-state index is -0.829. The number of piperidine rings is 1. The molecule has 36 heavy (non-hydrogen) atoms. The Bertz CT molecular complexity index is 1050. The molecule has 2 fully saturated rings. The standard InChI is InChI=1S/C27H33ClN4O3.ClH/c1-19(2)24(33)29-23(21-6-4-3-5-7-21)12-15-31-16-13-27(14-17-31)25(34)32(26(35)30-27)18-20-8-10-22(28)11-9-20;/h3-11,19,23H,12-18H2,1-2H3,(H,29,33)(H,30,35);1H/t23-;/m0./s1. The molecule has 0 unspecified atom stereocenters. The topological polar surface area (TPSA) is 81.8 Å². The molecule has 2 aromatic carbocycles. The molecule has 4 amide bonds. The molecule has 2 heterocycles. The Morgan fingerprint density at radius 3 is 2.31 bits per heavy atom. The first-order chi connectivity index (χ1) is 16.8. The summed E-state index contributed by atoms with van der Waals surface area (Å²) in [5, 5.41) is 6.77. The average molecular weight is 534 g/mol. The number of hydrogen-bond donors (Lipinski definition) is 2. The van der Waals surface area contributed by atoms with E-state index in [9.17, 15) is 14.4 Å². The van der Waals surface area contributed by atoms with Gasteiger partial charge in [-0.3, -0.25) is 14.5 Å². The lowest BCUT2D eigenvalue weighted by atomic mass is 9.87. The summed E-state index contributed by atoms with van der Waals surface area (Å²) in [4.78, 5) is 41.9. The van der Waals surface area contributed by atoms with Crippen LogP contribution in [0.2, 0.25) is 5.02 Å². The van der Waals surface area contributed by atoms with Crippen LogP contribution < -0.4 is 10.6 Å². The number of hydrogen-bond acceptors (Lipinski definition) is 4. The molecule has 2 saturated heterocycles. The van der Waals surface area contributed by atoms with E-state index < -0.39 is 5.54 Å². The lowest BCUT2D eigenvalue weighted by Crippen LogP contribution is -2.55. The van der Waals surface area contributed by atoms with Gasteiger partial charge in [-0.2, -0.15) is 0 Å². The second kappa shape index (κ2) is 12.1. The molecule has 7 nitrogen and oxygen atoms in total. The minimum absolute atomic E-state index is 0. The molecule has 0 aliphatic carbocycles. The summed E-state index contributed by atoms with van der Waals surface area (Å²) in [6.07, 6.45) is 1.92. The fourth-order valence-corrected chi connectivity index (χ4v) is 4.87. The number of benzene rings is 2. The molecule has 0 saturated carbocycles. The smallest absolute Gasteiger partial charge is 0.325 e. The van der Waals surface area contributed by atoms with E-state index in [1.165, 1.54) is 4.90 Å². The first-order valence-corrected chi connectivity index (χ1v) is 12.6. The first-order valence-electron chi connectivity index (χ1n) is 12.2. The van der Waals surface area contributed by atoms with Crippen LogP contribution in [-0.2, 0) is 16.1 Å². The number of nitrogens with one attached hydrogen (secondary N) is 2. The Labute approximate surface area is 224 Å². The molecule has 1 spiro atoms. The van der Waals surface area contributed by atoms with Crippen LogP contribution in [0.15, 0.2) is 54.6 Å². The second-order valence-corrected chi connectivity index (χ2v) is 10.2. The van der Waals surface area contributed by atoms with Gasteiger partial charge in [0.15, 0.2) is 0 Å². The molecule has 9 heteroatoms. The summed E-state index contributed by atoms with van der Waals surface area (Å²) in [6.45, 7) is 6.24. The molecule has 2 N–H and O–H groups in total. The third-order valence-electron chi connectivity index (χ3n) is 6.99. The van der Waals surface area contributed by atoms with E-state index in [0.717, 1.165) is 24.1 Å². The van der Waals surface area contributed by atoms with Gasteiger partial charge < -0.3 is 15.5 Å². The predicted octanol–water partition coefficient (Wildman–Crippen LogP) is 4.55. The highest BCUT2D eigenvalue weighted by Gasteiger charge is 2.52. The third kappa shape index (κ3) is 6.38. The van der Waals surface area contributed by atoms with Gasteiger partial charge in [0.05, 0.1) is 12.6 Å². The SMILES string of the molecule is CC(C)C(=O)N[C@@H](CCN1CCC2(CC1)NC(=O)N(Cc1ccc(Cl)cc1)C2=O)c1ccccc1.Cl. The fourth-order valence-electron chi connectivity index (χ4n) is 4.75. The highest BCUT2D eigenvalue weighted by molar-refractivity contribution is 6.30. The van der Waals surface area contributed by atoms with E-state index in [4.69, 9.17) is 11.6 Å². The van der Waals surface area contributed by atoms with E-state index in [0.29, 0.717) is 31.0 Å². The number of carbonyl (C=O) groups excluding carboxylic acids is 3. The van der Waals surface area contributed by atoms with Crippen molar-refractivity contribution in [1.82, 2.24) is 20.4 Å². The van der Waals surface area contributed by atoms with Crippen molar-refractivity contribution in [3.8, 4) is 0 Å². The van der Waals surface area contributed by atoms with Crippen molar-refractivity contribution in [3.63, 3.8) is 0 Å². The number of amides is 4. The van der Waals surface area contributed by atoms with E-state index >= 15 is 0 Å². The van der Waals surface area contributed by atoms with Crippen LogP contribution in [-0.4, -0.2) is 52.8 Å². The summed E-state index contributed by atoms with van der Waals surface area (Å²) < 4.78 is 0. The Morgan fingerprint density at radius 1 is 1.06 bits per heavy atom. The van der Waals surface area contributed by atoms with Crippen LogP contribution in [0.3, 0.4) is 0 Å². The molecule has 4 rings (SSSR count). The molecule has 2 aliphatic heterocycles. The normalized spacial score (nSPS) is 18.2. The Hall–Kier alpha value is -2.61. The molecular formula is C27H34Cl2N4O3. The number of likely N-dealkylation sites (tertiary alicyclic amines) is 1. The molecule has 2 aliphatic rings. The lowest BCUT2D eigenvalue weighted by molar-refractivity contribution is -0.133. The Balaban J connectivity index is 0.00000361. The van der Waals surface area contributed by atoms with Crippen molar-refractivity contribution in [2.45, 2.75) is 51.2 Å². The van der Waals surface area contributed by atoms with Crippen molar-refractivity contribution in [3.05, 3.63) is 70.7 Å². The number of urea groups is 1. The molecule has 0 bridgehead atoms. The van der Waals surface area contributed by atoms with Crippen molar-refractivity contribution < 1.29 is 14.4 Å². The molecule has 2 aromatic rings. The molecule has 0 aromatic heterocycles. The highest BCUT2D eigenvalue weighted by atomic mass is 35.5. The van der Waals surface area contributed by atoms with Crippen LogP contribution in [0.25, 0.3) is 0 Å². The molecule has 0 radical (unpaired) electrons. The van der Waals surface area contributed by atoms with E-state index in [2.05, 4.69) is 15.5 Å². The van der Waals surface area contributed by atoms with Crippen molar-refractivity contribution in [2.24, 2.45) is 5.92 Å². The predicted molar refractivity (Wildman–Crippen MR) is 143 cm³/mol. The third-order valence-corrected chi connectivity index (χ3v) is 7.24. The number of rotatable bonds is 8. The van der Waals surface area contributed by atoms with Gasteiger partial charge >= 0.3 is 6.03 Å². The van der Waals surface area contributed by atoms with Gasteiger partial charge in [0.1, 0.15) is 5.54 Å². The Morgan fingerprint density at radius 2 is 1.69 bits per heavy atom. The zero-order valence-electron chi connectivity index (χ0n) is 20.7. The summed E-state index contributed by atoms with van der Waals surface area (Å²) in [7, 11) is 0. The number of carbonyl (C=O) groups is 3. The number of halogens is 2. The van der Waals surface area contributed by atoms with Crippen molar-refractivity contribution in [2.75, 3.05) is 19.6 Å². The zero-order valence-corrected chi connectivity index (χ0v) is 22.3. The van der Waals surface area contributed by atoms with E-state index in [-0.39, 0.29) is 48.8 Å². The second-order valence-electron chi connectivity index (χ2n) is 9.79. The molecular weight excluding hydrogens is 499 g/mol. The maximum absolute atomic E-state index is 13.3. The van der Waals surface area contributed by atoms with Gasteiger partial charge in [0.25, 0.3) is 5.91 Å². The van der Waals surface area contributed by atoms with Crippen LogP contribution in [0.5, 0.6) is 0 Å². The largest absolute Gasteiger partial charge is 0.349 e. The van der Waals surface area contributed by atoms with E-state index in [1.54, 1.807) is 12.1 Å². The Kier molecular flexibility index (Phi) is 9.39. The monoisotopic (exact) mass is 532 g/mol. The van der Waals surface area contributed by atoms with Gasteiger partial charge in [-0.05, 0) is 42.5 Å². The van der Waals surface area contributed by atoms with Gasteiger partial charge in [-0.1, -0.05) is 67.9 Å². The fraction of sp³-hybridized carbons (Fsp3) is 0.444. The van der Waals surface area contributed by atoms with Crippen LogP contribution in [0.1, 0.15) is 50.3 Å². The zero-order chi connectivity index (χ0) is 25.0. The molecule has 1 atom stereocenters. The van der Waals surface area contributed by atoms with Gasteiger partial charge in [-0.15, -0.1) is 12.4 Å². The maximum Gasteiger partial charge on any atom is 0.325 e. The van der Waals surface area contributed by atoms with Gasteiger partial charge in [0, 0.05) is 30.6 Å². The lowest BCUT2D eigenvalue weighted by Gasteiger charge is -2.37. The molecule has 194 valence electrons. The summed E-state index contributed by atoms with van der Waals surface area (Å²) in [6, 6.07) is 16.8. The first kappa shape index (κ1) is 28.0. The number of imide groups is 1.